The number of amides is 2. The summed E-state index contributed by atoms with van der Waals surface area (Å²) in [7, 11) is 0. The molecular weight excluding hydrogens is 260 g/mol. The quantitative estimate of drug-likeness (QED) is 0.702. The van der Waals surface area contributed by atoms with E-state index in [9.17, 15) is 9.90 Å². The molecule has 1 rings (SSSR count). The molecule has 0 spiro atoms. The van der Waals surface area contributed by atoms with E-state index >= 15 is 0 Å². The van der Waals surface area contributed by atoms with Gasteiger partial charge in [0.25, 0.3) is 0 Å². The first-order valence-electron chi connectivity index (χ1n) is 7.16. The number of nitrogens with one attached hydrogen (secondary N) is 2. The molecule has 1 aliphatic carbocycles. The standard InChI is InChI=1S/C14H28N2O2S/c1-11-5-4-6-12(7-11)8-15-13(17)16-9-14(2,18)10-19-3/h11-12,18H,4-10H2,1-3H3,(H2,15,16,17). The molecule has 3 N–H and O–H groups in total. The van der Waals surface area contributed by atoms with Gasteiger partial charge in [-0.2, -0.15) is 11.8 Å². The number of hydrogen-bond donors (Lipinski definition) is 3. The van der Waals surface area contributed by atoms with Crippen molar-refractivity contribution in [2.24, 2.45) is 11.8 Å². The van der Waals surface area contributed by atoms with Crippen LogP contribution in [0.1, 0.15) is 39.5 Å². The van der Waals surface area contributed by atoms with Gasteiger partial charge in [0, 0.05) is 18.8 Å². The second kappa shape index (κ2) is 8.00. The van der Waals surface area contributed by atoms with E-state index < -0.39 is 5.60 Å². The zero-order chi connectivity index (χ0) is 14.3. The maximum atomic E-state index is 11.7. The first-order valence-corrected chi connectivity index (χ1v) is 8.55. The highest BCUT2D eigenvalue weighted by atomic mass is 32.2. The summed E-state index contributed by atoms with van der Waals surface area (Å²) in [5.74, 6) is 2.01. The third kappa shape index (κ3) is 7.06. The molecule has 0 bridgehead atoms. The van der Waals surface area contributed by atoms with E-state index in [1.54, 1.807) is 18.7 Å². The fraction of sp³-hybridized carbons (Fsp3) is 0.929. The van der Waals surface area contributed by atoms with Crippen LogP contribution in [0.15, 0.2) is 0 Å². The van der Waals surface area contributed by atoms with Gasteiger partial charge in [-0.15, -0.1) is 0 Å². The largest absolute Gasteiger partial charge is 0.387 e. The number of carbonyl (C=O) groups excluding carboxylic acids is 1. The summed E-state index contributed by atoms with van der Waals surface area (Å²) in [6.07, 6.45) is 6.97. The summed E-state index contributed by atoms with van der Waals surface area (Å²) in [6.45, 7) is 5.07. The molecule has 2 amide bonds. The van der Waals surface area contributed by atoms with Gasteiger partial charge in [-0.1, -0.05) is 19.8 Å². The highest BCUT2D eigenvalue weighted by Gasteiger charge is 2.22. The molecule has 0 aromatic carbocycles. The highest BCUT2D eigenvalue weighted by molar-refractivity contribution is 7.98. The Morgan fingerprint density at radius 2 is 2.16 bits per heavy atom. The first-order chi connectivity index (χ1) is 8.93. The van der Waals surface area contributed by atoms with Crippen LogP contribution in [0, 0.1) is 11.8 Å². The second-order valence-electron chi connectivity index (χ2n) is 6.13. The van der Waals surface area contributed by atoms with Crippen LogP contribution in [0.25, 0.3) is 0 Å². The summed E-state index contributed by atoms with van der Waals surface area (Å²) in [6, 6.07) is -0.167. The van der Waals surface area contributed by atoms with Crippen molar-refractivity contribution in [3.63, 3.8) is 0 Å². The fourth-order valence-electron chi connectivity index (χ4n) is 2.68. The van der Waals surface area contributed by atoms with Gasteiger partial charge in [0.2, 0.25) is 0 Å². The minimum absolute atomic E-state index is 0.167. The molecule has 0 aromatic heterocycles. The van der Waals surface area contributed by atoms with Crippen molar-refractivity contribution in [2.75, 3.05) is 25.1 Å². The minimum atomic E-state index is -0.837. The molecule has 0 saturated heterocycles. The minimum Gasteiger partial charge on any atom is -0.387 e. The maximum absolute atomic E-state index is 11.7. The molecule has 0 aromatic rings. The third-order valence-corrected chi connectivity index (χ3v) is 4.59. The lowest BCUT2D eigenvalue weighted by Crippen LogP contribution is -2.47. The average Bonchev–Trinajstić information content (AvgIpc) is 2.34. The van der Waals surface area contributed by atoms with Crippen LogP contribution < -0.4 is 10.6 Å². The van der Waals surface area contributed by atoms with E-state index in [4.69, 9.17) is 0 Å². The number of thioether (sulfide) groups is 1. The van der Waals surface area contributed by atoms with E-state index in [2.05, 4.69) is 17.6 Å². The van der Waals surface area contributed by atoms with Crippen molar-refractivity contribution in [2.45, 2.75) is 45.1 Å². The molecule has 0 aliphatic heterocycles. The Kier molecular flexibility index (Phi) is 7.00. The van der Waals surface area contributed by atoms with E-state index in [0.29, 0.717) is 18.2 Å². The van der Waals surface area contributed by atoms with Crippen molar-refractivity contribution < 1.29 is 9.90 Å². The van der Waals surface area contributed by atoms with Gasteiger partial charge < -0.3 is 15.7 Å². The highest BCUT2D eigenvalue weighted by Crippen LogP contribution is 2.27. The topological polar surface area (TPSA) is 61.4 Å². The van der Waals surface area contributed by atoms with Crippen LogP contribution in [-0.4, -0.2) is 41.8 Å². The predicted octanol–water partition coefficient (Wildman–Crippen LogP) is 2.23. The maximum Gasteiger partial charge on any atom is 0.314 e. The molecule has 0 heterocycles. The number of aliphatic hydroxyl groups is 1. The monoisotopic (exact) mass is 288 g/mol. The first kappa shape index (κ1) is 16.6. The second-order valence-corrected chi connectivity index (χ2v) is 7.00. The van der Waals surface area contributed by atoms with Crippen molar-refractivity contribution in [1.82, 2.24) is 10.6 Å². The van der Waals surface area contributed by atoms with E-state index in [1.165, 1.54) is 25.7 Å². The van der Waals surface area contributed by atoms with Gasteiger partial charge >= 0.3 is 6.03 Å². The SMILES string of the molecule is CSCC(C)(O)CNC(=O)NCC1CCCC(C)C1. The molecule has 3 unspecified atom stereocenters. The zero-order valence-corrected chi connectivity index (χ0v) is 13.2. The fourth-order valence-corrected chi connectivity index (χ4v) is 3.40. The smallest absolute Gasteiger partial charge is 0.314 e. The molecule has 4 nitrogen and oxygen atoms in total. The zero-order valence-electron chi connectivity index (χ0n) is 12.4. The van der Waals surface area contributed by atoms with Crippen LogP contribution in [-0.2, 0) is 0 Å². The Hall–Kier alpha value is -0.420. The van der Waals surface area contributed by atoms with Gasteiger partial charge in [0.05, 0.1) is 5.60 Å². The molecule has 19 heavy (non-hydrogen) atoms. The van der Waals surface area contributed by atoms with Crippen molar-refractivity contribution in [1.29, 1.82) is 0 Å². The van der Waals surface area contributed by atoms with Crippen molar-refractivity contribution in [3.8, 4) is 0 Å². The number of hydrogen-bond acceptors (Lipinski definition) is 3. The van der Waals surface area contributed by atoms with Crippen LogP contribution >= 0.6 is 11.8 Å². The molecule has 1 fully saturated rings. The Morgan fingerprint density at radius 3 is 2.79 bits per heavy atom. The molecule has 112 valence electrons. The van der Waals surface area contributed by atoms with Gasteiger partial charge in [-0.05, 0) is 37.9 Å². The lowest BCUT2D eigenvalue weighted by atomic mass is 9.82. The summed E-state index contributed by atoms with van der Waals surface area (Å²) < 4.78 is 0. The Balaban J connectivity index is 2.17. The van der Waals surface area contributed by atoms with Crippen LogP contribution in [0.3, 0.4) is 0 Å². The van der Waals surface area contributed by atoms with E-state index in [0.717, 1.165) is 12.5 Å². The average molecular weight is 288 g/mol. The van der Waals surface area contributed by atoms with Crippen molar-refractivity contribution in [3.05, 3.63) is 0 Å². The predicted molar refractivity (Wildman–Crippen MR) is 81.5 cm³/mol. The lowest BCUT2D eigenvalue weighted by molar-refractivity contribution is 0.0868. The van der Waals surface area contributed by atoms with Gasteiger partial charge in [-0.25, -0.2) is 4.79 Å². The molecule has 1 aliphatic rings. The number of rotatable bonds is 6. The van der Waals surface area contributed by atoms with E-state index in [1.807, 2.05) is 6.26 Å². The lowest BCUT2D eigenvalue weighted by Gasteiger charge is -2.27. The van der Waals surface area contributed by atoms with Gasteiger partial charge in [0.1, 0.15) is 0 Å². The Bertz CT molecular complexity index is 285. The summed E-state index contributed by atoms with van der Waals surface area (Å²) >= 11 is 1.57. The number of urea groups is 1. The molecular formula is C14H28N2O2S. The normalized spacial score (nSPS) is 26.5. The van der Waals surface area contributed by atoms with Crippen LogP contribution in [0.5, 0.6) is 0 Å². The summed E-state index contributed by atoms with van der Waals surface area (Å²) in [5.41, 5.74) is -0.837. The third-order valence-electron chi connectivity index (χ3n) is 3.68. The van der Waals surface area contributed by atoms with Gasteiger partial charge in [0.15, 0.2) is 0 Å². The summed E-state index contributed by atoms with van der Waals surface area (Å²) in [5, 5.41) is 15.6. The van der Waals surface area contributed by atoms with E-state index in [-0.39, 0.29) is 6.03 Å². The molecule has 0 radical (unpaired) electrons. The molecule has 1 saturated carbocycles. The van der Waals surface area contributed by atoms with Crippen LogP contribution in [0.4, 0.5) is 4.79 Å². The Labute approximate surface area is 121 Å². The number of carbonyl (C=O) groups is 1. The van der Waals surface area contributed by atoms with Gasteiger partial charge in [-0.3, -0.25) is 0 Å². The molecule has 3 atom stereocenters. The molecule has 5 heteroatoms. The van der Waals surface area contributed by atoms with Crippen molar-refractivity contribution >= 4 is 17.8 Å². The Morgan fingerprint density at radius 1 is 1.42 bits per heavy atom. The van der Waals surface area contributed by atoms with Crippen LogP contribution in [0.2, 0.25) is 0 Å². The summed E-state index contributed by atoms with van der Waals surface area (Å²) in [4.78, 5) is 11.7.